The number of carbonyl (C=O) groups excluding carboxylic acids is 1. The Morgan fingerprint density at radius 3 is 3.00 bits per heavy atom. The van der Waals surface area contributed by atoms with Crippen molar-refractivity contribution in [2.75, 3.05) is 0 Å². The van der Waals surface area contributed by atoms with Crippen molar-refractivity contribution in [1.29, 1.82) is 0 Å². The van der Waals surface area contributed by atoms with Crippen LogP contribution in [0.3, 0.4) is 0 Å². The van der Waals surface area contributed by atoms with Crippen LogP contribution >= 0.6 is 0 Å². The van der Waals surface area contributed by atoms with Crippen molar-refractivity contribution < 1.29 is 14.1 Å². The number of ether oxygens (including phenoxy) is 1. The summed E-state index contributed by atoms with van der Waals surface area (Å²) in [5, 5.41) is 4.58. The third kappa shape index (κ3) is 2.33. The highest BCUT2D eigenvalue weighted by atomic mass is 16.6. The molecule has 0 aliphatic heterocycles. The number of carbonyl (C=O) groups is 1. The summed E-state index contributed by atoms with van der Waals surface area (Å²) >= 11 is 0. The number of nitrogens with zero attached hydrogens (tertiary/aromatic N) is 2. The Kier molecular flexibility index (Phi) is 2.75. The zero-order valence-electron chi connectivity index (χ0n) is 10.2. The van der Waals surface area contributed by atoms with E-state index in [1.54, 1.807) is 13.0 Å². The molecule has 96 valence electrons. The fourth-order valence-electron chi connectivity index (χ4n) is 1.79. The smallest absolute Gasteiger partial charge is 0.355 e. The molecule has 19 heavy (non-hydrogen) atoms. The van der Waals surface area contributed by atoms with Gasteiger partial charge in [-0.3, -0.25) is 0 Å². The van der Waals surface area contributed by atoms with E-state index in [1.807, 2.05) is 24.3 Å². The molecule has 0 unspecified atom stereocenters. The Morgan fingerprint density at radius 2 is 2.26 bits per heavy atom. The standard InChI is InChI=1S/C13H11N3O3/c1-8-14-12(19-16-8)7-18-13(17)11-6-9-4-2-3-5-10(9)15-11/h2-6,15H,7H2,1H3. The van der Waals surface area contributed by atoms with Gasteiger partial charge in [0.25, 0.3) is 5.89 Å². The molecule has 2 heterocycles. The maximum Gasteiger partial charge on any atom is 0.355 e. The summed E-state index contributed by atoms with van der Waals surface area (Å²) in [5.41, 5.74) is 1.29. The molecule has 3 rings (SSSR count). The molecule has 1 N–H and O–H groups in total. The van der Waals surface area contributed by atoms with Gasteiger partial charge >= 0.3 is 5.97 Å². The van der Waals surface area contributed by atoms with Crippen LogP contribution < -0.4 is 0 Å². The van der Waals surface area contributed by atoms with Crippen molar-refractivity contribution in [3.05, 3.63) is 47.7 Å². The number of nitrogens with one attached hydrogen (secondary N) is 1. The number of H-pyrrole nitrogens is 1. The van der Waals surface area contributed by atoms with Crippen LogP contribution in [0, 0.1) is 6.92 Å². The van der Waals surface area contributed by atoms with E-state index in [4.69, 9.17) is 9.26 Å². The molecular formula is C13H11N3O3. The van der Waals surface area contributed by atoms with Crippen LogP contribution in [0.4, 0.5) is 0 Å². The number of aromatic nitrogens is 3. The van der Waals surface area contributed by atoms with Gasteiger partial charge in [0.2, 0.25) is 0 Å². The molecule has 0 amide bonds. The van der Waals surface area contributed by atoms with Crippen LogP contribution in [0.15, 0.2) is 34.9 Å². The average molecular weight is 257 g/mol. The van der Waals surface area contributed by atoms with Gasteiger partial charge in [-0.2, -0.15) is 4.98 Å². The second-order valence-corrected chi connectivity index (χ2v) is 4.08. The minimum absolute atomic E-state index is 0.0327. The van der Waals surface area contributed by atoms with Crippen LogP contribution in [0.1, 0.15) is 22.2 Å². The van der Waals surface area contributed by atoms with Gasteiger partial charge in [0.15, 0.2) is 12.4 Å². The van der Waals surface area contributed by atoms with Gasteiger partial charge in [-0.1, -0.05) is 23.4 Å². The van der Waals surface area contributed by atoms with Crippen molar-refractivity contribution >= 4 is 16.9 Å². The Balaban J connectivity index is 1.73. The quantitative estimate of drug-likeness (QED) is 0.727. The molecule has 1 aromatic carbocycles. The maximum absolute atomic E-state index is 11.9. The first-order valence-electron chi connectivity index (χ1n) is 5.76. The van der Waals surface area contributed by atoms with E-state index in [0.717, 1.165) is 10.9 Å². The highest BCUT2D eigenvalue weighted by Gasteiger charge is 2.12. The third-order valence-electron chi connectivity index (χ3n) is 2.65. The van der Waals surface area contributed by atoms with E-state index in [0.29, 0.717) is 11.5 Å². The van der Waals surface area contributed by atoms with Crippen LogP contribution in [-0.2, 0) is 11.3 Å². The van der Waals surface area contributed by atoms with Crippen molar-refractivity contribution in [1.82, 2.24) is 15.1 Å². The van der Waals surface area contributed by atoms with Crippen LogP contribution in [-0.4, -0.2) is 21.1 Å². The number of hydrogen-bond acceptors (Lipinski definition) is 5. The summed E-state index contributed by atoms with van der Waals surface area (Å²) in [6.45, 7) is 1.67. The van der Waals surface area contributed by atoms with E-state index in [-0.39, 0.29) is 12.5 Å². The first-order chi connectivity index (χ1) is 9.22. The van der Waals surface area contributed by atoms with Crippen molar-refractivity contribution in [3.8, 4) is 0 Å². The molecule has 0 aliphatic rings. The summed E-state index contributed by atoms with van der Waals surface area (Å²) in [4.78, 5) is 18.8. The van der Waals surface area contributed by atoms with Crippen LogP contribution in [0.5, 0.6) is 0 Å². The minimum atomic E-state index is -0.452. The fraction of sp³-hybridized carbons (Fsp3) is 0.154. The number of aryl methyl sites for hydroxylation is 1. The Labute approximate surface area is 108 Å². The summed E-state index contributed by atoms with van der Waals surface area (Å²) in [5.74, 6) is 0.339. The topological polar surface area (TPSA) is 81.0 Å². The lowest BCUT2D eigenvalue weighted by molar-refractivity contribution is 0.0424. The average Bonchev–Trinajstić information content (AvgIpc) is 3.01. The fourth-order valence-corrected chi connectivity index (χ4v) is 1.79. The molecule has 0 spiro atoms. The highest BCUT2D eigenvalue weighted by molar-refractivity contribution is 5.94. The van der Waals surface area contributed by atoms with Gasteiger partial charge in [0.1, 0.15) is 5.69 Å². The normalized spacial score (nSPS) is 10.8. The van der Waals surface area contributed by atoms with E-state index >= 15 is 0 Å². The molecule has 0 fully saturated rings. The Hall–Kier alpha value is -2.63. The van der Waals surface area contributed by atoms with Gasteiger partial charge in [0.05, 0.1) is 0 Å². The number of fused-ring (bicyclic) bond motifs is 1. The minimum Gasteiger partial charge on any atom is -0.451 e. The third-order valence-corrected chi connectivity index (χ3v) is 2.65. The first kappa shape index (κ1) is 11.5. The molecule has 2 aromatic heterocycles. The second kappa shape index (κ2) is 4.56. The lowest BCUT2D eigenvalue weighted by Crippen LogP contribution is -2.05. The second-order valence-electron chi connectivity index (χ2n) is 4.08. The van der Waals surface area contributed by atoms with Crippen molar-refractivity contribution in [3.63, 3.8) is 0 Å². The monoisotopic (exact) mass is 257 g/mol. The lowest BCUT2D eigenvalue weighted by atomic mass is 10.2. The highest BCUT2D eigenvalue weighted by Crippen LogP contribution is 2.15. The zero-order chi connectivity index (χ0) is 13.2. The lowest BCUT2D eigenvalue weighted by Gasteiger charge is -1.98. The zero-order valence-corrected chi connectivity index (χ0v) is 10.2. The maximum atomic E-state index is 11.9. The molecule has 3 aromatic rings. The molecule has 0 saturated carbocycles. The summed E-state index contributed by atoms with van der Waals surface area (Å²) in [7, 11) is 0. The van der Waals surface area contributed by atoms with Crippen molar-refractivity contribution in [2.45, 2.75) is 13.5 Å². The van der Waals surface area contributed by atoms with E-state index in [1.165, 1.54) is 0 Å². The summed E-state index contributed by atoms with van der Waals surface area (Å²) < 4.78 is 9.95. The number of hydrogen-bond donors (Lipinski definition) is 1. The van der Waals surface area contributed by atoms with Crippen LogP contribution in [0.2, 0.25) is 0 Å². The van der Waals surface area contributed by atoms with E-state index < -0.39 is 5.97 Å². The molecule has 0 saturated heterocycles. The molecular weight excluding hydrogens is 246 g/mol. The Morgan fingerprint density at radius 1 is 1.42 bits per heavy atom. The number of rotatable bonds is 3. The van der Waals surface area contributed by atoms with Crippen LogP contribution in [0.25, 0.3) is 10.9 Å². The van der Waals surface area contributed by atoms with Crippen molar-refractivity contribution in [2.24, 2.45) is 0 Å². The Bertz CT molecular complexity index is 696. The molecule has 0 radical (unpaired) electrons. The van der Waals surface area contributed by atoms with E-state index in [2.05, 4.69) is 15.1 Å². The predicted octanol–water partition coefficient (Wildman–Crippen LogP) is 2.22. The van der Waals surface area contributed by atoms with Gasteiger partial charge in [0, 0.05) is 10.9 Å². The number of aromatic amines is 1. The van der Waals surface area contributed by atoms with E-state index in [9.17, 15) is 4.79 Å². The molecule has 6 heteroatoms. The van der Waals surface area contributed by atoms with Gasteiger partial charge in [-0.15, -0.1) is 0 Å². The largest absolute Gasteiger partial charge is 0.451 e. The molecule has 6 nitrogen and oxygen atoms in total. The number of para-hydroxylation sites is 1. The first-order valence-corrected chi connectivity index (χ1v) is 5.76. The SMILES string of the molecule is Cc1noc(COC(=O)c2cc3ccccc3[nH]2)n1. The number of benzene rings is 1. The van der Waals surface area contributed by atoms with Gasteiger partial charge in [-0.05, 0) is 19.1 Å². The number of esters is 1. The van der Waals surface area contributed by atoms with Gasteiger partial charge in [-0.25, -0.2) is 4.79 Å². The summed E-state index contributed by atoms with van der Waals surface area (Å²) in [6.07, 6.45) is 0. The molecule has 0 aliphatic carbocycles. The van der Waals surface area contributed by atoms with Gasteiger partial charge < -0.3 is 14.2 Å². The summed E-state index contributed by atoms with van der Waals surface area (Å²) in [6, 6.07) is 9.37. The molecule has 0 bridgehead atoms. The predicted molar refractivity (Wildman–Crippen MR) is 66.5 cm³/mol. The molecule has 0 atom stereocenters.